The molecule has 3 rings (SSSR count). The molecule has 0 saturated carbocycles. The van der Waals surface area contributed by atoms with Crippen molar-refractivity contribution in [1.29, 1.82) is 0 Å². The van der Waals surface area contributed by atoms with Crippen LogP contribution in [0.25, 0.3) is 0 Å². The SMILES string of the molecule is CCCN(c1ccc2c(c1)C(=O)N(C1CCC(=O)NC1=O)C2=O)N(CC)C(C)C(C)C. The predicted molar refractivity (Wildman–Crippen MR) is 117 cm³/mol. The van der Waals surface area contributed by atoms with Gasteiger partial charge in [-0.3, -0.25) is 29.4 Å². The van der Waals surface area contributed by atoms with Gasteiger partial charge in [-0.1, -0.05) is 27.7 Å². The number of imide groups is 2. The summed E-state index contributed by atoms with van der Waals surface area (Å²) in [5.41, 5.74) is 1.46. The van der Waals surface area contributed by atoms with Crippen LogP contribution in [0.3, 0.4) is 0 Å². The van der Waals surface area contributed by atoms with Gasteiger partial charge in [0.05, 0.1) is 16.8 Å². The summed E-state index contributed by atoms with van der Waals surface area (Å²) in [5.74, 6) is -1.49. The van der Waals surface area contributed by atoms with Gasteiger partial charge in [0.1, 0.15) is 6.04 Å². The van der Waals surface area contributed by atoms with E-state index in [0.717, 1.165) is 30.1 Å². The molecule has 8 nitrogen and oxygen atoms in total. The second-order valence-electron chi connectivity index (χ2n) is 8.54. The number of carbonyl (C=O) groups excluding carboxylic acids is 4. The zero-order valence-corrected chi connectivity index (χ0v) is 19.0. The van der Waals surface area contributed by atoms with Gasteiger partial charge in [-0.25, -0.2) is 5.01 Å². The fourth-order valence-corrected chi connectivity index (χ4v) is 4.26. The highest BCUT2D eigenvalue weighted by atomic mass is 16.2. The number of hydrogen-bond acceptors (Lipinski definition) is 6. The zero-order chi connectivity index (χ0) is 22.9. The third-order valence-corrected chi connectivity index (χ3v) is 6.23. The maximum absolute atomic E-state index is 13.2. The lowest BCUT2D eigenvalue weighted by atomic mass is 10.0. The van der Waals surface area contributed by atoms with Crippen LogP contribution in [0.4, 0.5) is 5.69 Å². The van der Waals surface area contributed by atoms with Crippen LogP contribution in [0.2, 0.25) is 0 Å². The number of amides is 4. The van der Waals surface area contributed by atoms with Crippen LogP contribution in [0, 0.1) is 5.92 Å². The molecule has 1 aromatic rings. The molecule has 4 amide bonds. The lowest BCUT2D eigenvalue weighted by Gasteiger charge is -2.41. The molecule has 1 fully saturated rings. The average molecular weight is 429 g/mol. The molecule has 31 heavy (non-hydrogen) atoms. The van der Waals surface area contributed by atoms with Crippen molar-refractivity contribution >= 4 is 29.3 Å². The van der Waals surface area contributed by atoms with Crippen molar-refractivity contribution < 1.29 is 19.2 Å². The Morgan fingerprint density at radius 1 is 1.06 bits per heavy atom. The number of carbonyl (C=O) groups is 4. The number of benzene rings is 1. The minimum absolute atomic E-state index is 0.109. The normalized spacial score (nSPS) is 19.8. The first-order valence-corrected chi connectivity index (χ1v) is 11.1. The van der Waals surface area contributed by atoms with Crippen LogP contribution in [-0.2, 0) is 9.59 Å². The molecule has 1 N–H and O–H groups in total. The van der Waals surface area contributed by atoms with E-state index in [0.29, 0.717) is 23.1 Å². The minimum atomic E-state index is -0.951. The number of nitrogens with zero attached hydrogens (tertiary/aromatic N) is 3. The largest absolute Gasteiger partial charge is 0.306 e. The van der Waals surface area contributed by atoms with E-state index in [4.69, 9.17) is 0 Å². The Morgan fingerprint density at radius 2 is 1.74 bits per heavy atom. The molecule has 1 aromatic carbocycles. The number of nitrogens with one attached hydrogen (secondary N) is 1. The van der Waals surface area contributed by atoms with Gasteiger partial charge in [0.15, 0.2) is 0 Å². The highest BCUT2D eigenvalue weighted by Gasteiger charge is 2.44. The van der Waals surface area contributed by atoms with Crippen molar-refractivity contribution in [2.45, 2.75) is 66.0 Å². The van der Waals surface area contributed by atoms with Gasteiger partial charge in [0.2, 0.25) is 11.8 Å². The maximum Gasteiger partial charge on any atom is 0.262 e. The van der Waals surface area contributed by atoms with Crippen LogP contribution < -0.4 is 10.3 Å². The predicted octanol–water partition coefficient (Wildman–Crippen LogP) is 2.59. The summed E-state index contributed by atoms with van der Waals surface area (Å²) >= 11 is 0. The highest BCUT2D eigenvalue weighted by Crippen LogP contribution is 2.32. The molecular formula is C23H32N4O4. The summed E-state index contributed by atoms with van der Waals surface area (Å²) in [5, 5.41) is 6.69. The zero-order valence-electron chi connectivity index (χ0n) is 19.0. The molecule has 0 aliphatic carbocycles. The summed E-state index contributed by atoms with van der Waals surface area (Å²) in [6, 6.07) is 4.64. The van der Waals surface area contributed by atoms with Crippen molar-refractivity contribution in [2.24, 2.45) is 5.92 Å². The number of rotatable bonds is 8. The molecule has 2 aliphatic heterocycles. The lowest BCUT2D eigenvalue weighted by Crippen LogP contribution is -2.54. The van der Waals surface area contributed by atoms with E-state index >= 15 is 0 Å². The summed E-state index contributed by atoms with van der Waals surface area (Å²) in [4.78, 5) is 50.8. The molecule has 2 aliphatic rings. The second kappa shape index (κ2) is 9.18. The van der Waals surface area contributed by atoms with E-state index in [9.17, 15) is 19.2 Å². The molecule has 0 spiro atoms. The highest BCUT2D eigenvalue weighted by molar-refractivity contribution is 6.23. The molecule has 0 radical (unpaired) electrons. The molecule has 2 heterocycles. The number of hydrazine groups is 1. The minimum Gasteiger partial charge on any atom is -0.306 e. The molecule has 2 atom stereocenters. The Morgan fingerprint density at radius 3 is 2.32 bits per heavy atom. The third kappa shape index (κ3) is 4.21. The van der Waals surface area contributed by atoms with Crippen LogP contribution >= 0.6 is 0 Å². The summed E-state index contributed by atoms with van der Waals surface area (Å²) in [7, 11) is 0. The monoisotopic (exact) mass is 428 g/mol. The Hall–Kier alpha value is -2.74. The van der Waals surface area contributed by atoms with E-state index in [2.05, 4.69) is 50.0 Å². The molecule has 1 saturated heterocycles. The molecule has 0 aromatic heterocycles. The van der Waals surface area contributed by atoms with E-state index in [-0.39, 0.29) is 18.7 Å². The fraction of sp³-hybridized carbons (Fsp3) is 0.565. The van der Waals surface area contributed by atoms with Crippen LogP contribution in [0.1, 0.15) is 74.6 Å². The van der Waals surface area contributed by atoms with Gasteiger partial charge in [-0.15, -0.1) is 0 Å². The Balaban J connectivity index is 1.94. The van der Waals surface area contributed by atoms with Crippen molar-refractivity contribution in [3.05, 3.63) is 29.3 Å². The molecule has 0 bridgehead atoms. The van der Waals surface area contributed by atoms with E-state index in [1.54, 1.807) is 12.1 Å². The van der Waals surface area contributed by atoms with Crippen molar-refractivity contribution in [2.75, 3.05) is 18.1 Å². The summed E-state index contributed by atoms with van der Waals surface area (Å²) < 4.78 is 0. The quantitative estimate of drug-likeness (QED) is 0.506. The van der Waals surface area contributed by atoms with Crippen LogP contribution in [-0.4, -0.2) is 58.7 Å². The first-order chi connectivity index (χ1) is 14.7. The lowest BCUT2D eigenvalue weighted by molar-refractivity contribution is -0.136. The number of fused-ring (bicyclic) bond motifs is 1. The van der Waals surface area contributed by atoms with Gasteiger partial charge in [0.25, 0.3) is 11.8 Å². The average Bonchev–Trinajstić information content (AvgIpc) is 2.98. The van der Waals surface area contributed by atoms with Gasteiger partial charge in [-0.05, 0) is 43.9 Å². The van der Waals surface area contributed by atoms with E-state index in [1.165, 1.54) is 0 Å². The Kier molecular flexibility index (Phi) is 6.79. The van der Waals surface area contributed by atoms with E-state index in [1.807, 2.05) is 6.07 Å². The number of piperidine rings is 1. The smallest absolute Gasteiger partial charge is 0.262 e. The van der Waals surface area contributed by atoms with Gasteiger partial charge in [0, 0.05) is 25.6 Å². The topological polar surface area (TPSA) is 90.0 Å². The fourth-order valence-electron chi connectivity index (χ4n) is 4.26. The van der Waals surface area contributed by atoms with Crippen LogP contribution in [0.5, 0.6) is 0 Å². The second-order valence-corrected chi connectivity index (χ2v) is 8.54. The Bertz CT molecular complexity index is 898. The first kappa shape index (κ1) is 22.9. The molecule has 168 valence electrons. The van der Waals surface area contributed by atoms with E-state index < -0.39 is 23.8 Å². The summed E-state index contributed by atoms with van der Waals surface area (Å²) in [6.07, 6.45) is 1.19. The van der Waals surface area contributed by atoms with Gasteiger partial charge >= 0.3 is 0 Å². The number of anilines is 1. The standard InChI is InChI=1S/C23H32N4O4/c1-6-12-26(25(7-2)15(5)14(3)4)16-8-9-17-18(13-16)23(31)27(22(17)30)19-10-11-20(28)24-21(19)29/h8-9,13-15,19H,6-7,10-12H2,1-5H3,(H,24,28,29). The molecule has 8 heteroatoms. The third-order valence-electron chi connectivity index (χ3n) is 6.23. The molecule has 2 unspecified atom stereocenters. The first-order valence-electron chi connectivity index (χ1n) is 11.1. The van der Waals surface area contributed by atoms with Gasteiger partial charge in [-0.2, -0.15) is 0 Å². The summed E-state index contributed by atoms with van der Waals surface area (Å²) in [6.45, 7) is 12.3. The maximum atomic E-state index is 13.2. The number of hydrogen-bond donors (Lipinski definition) is 1. The van der Waals surface area contributed by atoms with Gasteiger partial charge < -0.3 is 5.01 Å². The molecular weight excluding hydrogens is 396 g/mol. The van der Waals surface area contributed by atoms with Crippen molar-refractivity contribution in [3.63, 3.8) is 0 Å². The van der Waals surface area contributed by atoms with Crippen molar-refractivity contribution in [3.8, 4) is 0 Å². The Labute approximate surface area is 183 Å². The van der Waals surface area contributed by atoms with Crippen molar-refractivity contribution in [1.82, 2.24) is 15.2 Å². The van der Waals surface area contributed by atoms with Crippen LogP contribution in [0.15, 0.2) is 18.2 Å².